The summed E-state index contributed by atoms with van der Waals surface area (Å²) in [5.74, 6) is 2.05. The zero-order valence-corrected chi connectivity index (χ0v) is 30.8. The quantitative estimate of drug-likeness (QED) is 0.131. The van der Waals surface area contributed by atoms with E-state index in [-0.39, 0.29) is 26.5 Å². The van der Waals surface area contributed by atoms with Crippen LogP contribution in [-0.4, -0.2) is 18.9 Å². The Kier molecular flexibility index (Phi) is 7.65. The van der Waals surface area contributed by atoms with Crippen LogP contribution in [0.15, 0.2) is 116 Å². The molecule has 0 saturated carbocycles. The molecule has 0 fully saturated rings. The zero-order valence-electron chi connectivity index (χ0n) is 28.5. The Labute approximate surface area is 305 Å². The second-order valence-electron chi connectivity index (χ2n) is 13.9. The Hall–Kier alpha value is -5.25. The molecule has 50 heavy (non-hydrogen) atoms. The number of hydrogen-bond donors (Lipinski definition) is 0. The Balaban J connectivity index is 0.00000361. The van der Waals surface area contributed by atoms with Crippen molar-refractivity contribution in [3.05, 3.63) is 144 Å². The topological polar surface area (TPSA) is 44.3 Å². The van der Waals surface area contributed by atoms with Gasteiger partial charge >= 0.3 is 21.1 Å². The molecule has 4 heterocycles. The number of para-hydroxylation sites is 1. The fourth-order valence-electron chi connectivity index (χ4n) is 7.29. The van der Waals surface area contributed by atoms with Crippen molar-refractivity contribution in [3.8, 4) is 28.6 Å². The van der Waals surface area contributed by atoms with Gasteiger partial charge in [-0.1, -0.05) is 97.7 Å². The molecule has 0 aliphatic rings. The van der Waals surface area contributed by atoms with Gasteiger partial charge in [0, 0.05) is 40.5 Å². The van der Waals surface area contributed by atoms with Crippen LogP contribution in [-0.2, 0) is 26.5 Å². The number of aromatic nitrogens is 4. The molecular formula is C44H34N4OPt. The maximum atomic E-state index is 6.55. The molecule has 0 N–H and O–H groups in total. The van der Waals surface area contributed by atoms with E-state index in [1.165, 1.54) is 22.3 Å². The number of rotatable bonds is 4. The first kappa shape index (κ1) is 32.0. The first-order valence-electron chi connectivity index (χ1n) is 16.7. The third-order valence-corrected chi connectivity index (χ3v) is 9.69. The molecule has 9 rings (SSSR count). The van der Waals surface area contributed by atoms with Crippen molar-refractivity contribution in [1.82, 2.24) is 18.9 Å². The van der Waals surface area contributed by atoms with Crippen LogP contribution in [0.25, 0.3) is 66.2 Å². The van der Waals surface area contributed by atoms with Crippen LogP contribution < -0.4 is 4.74 Å². The molecular weight excluding hydrogens is 796 g/mol. The molecule has 246 valence electrons. The van der Waals surface area contributed by atoms with Gasteiger partial charge in [-0.25, -0.2) is 4.98 Å². The molecule has 0 amide bonds. The van der Waals surface area contributed by atoms with Crippen LogP contribution >= 0.6 is 0 Å². The Bertz CT molecular complexity index is 2730. The summed E-state index contributed by atoms with van der Waals surface area (Å²) >= 11 is 0. The monoisotopic (exact) mass is 829 g/mol. The molecule has 0 aliphatic carbocycles. The summed E-state index contributed by atoms with van der Waals surface area (Å²) in [6, 6.07) is 43.0. The average molecular weight is 830 g/mol. The zero-order chi connectivity index (χ0) is 33.4. The van der Waals surface area contributed by atoms with Crippen molar-refractivity contribution in [1.29, 1.82) is 0 Å². The van der Waals surface area contributed by atoms with Gasteiger partial charge in [0.1, 0.15) is 5.82 Å². The number of imidazole rings is 1. The molecule has 0 saturated heterocycles. The van der Waals surface area contributed by atoms with Gasteiger partial charge < -0.3 is 13.7 Å². The molecule has 0 spiro atoms. The van der Waals surface area contributed by atoms with Gasteiger partial charge in [0.25, 0.3) is 0 Å². The summed E-state index contributed by atoms with van der Waals surface area (Å²) in [5.41, 5.74) is 9.96. The van der Waals surface area contributed by atoms with Gasteiger partial charge in [0.15, 0.2) is 0 Å². The van der Waals surface area contributed by atoms with Gasteiger partial charge in [-0.15, -0.1) is 29.7 Å². The van der Waals surface area contributed by atoms with E-state index in [2.05, 4.69) is 133 Å². The van der Waals surface area contributed by atoms with Crippen molar-refractivity contribution in [3.63, 3.8) is 0 Å². The first-order chi connectivity index (χ1) is 23.8. The average Bonchev–Trinajstić information content (AvgIpc) is 3.68. The van der Waals surface area contributed by atoms with Gasteiger partial charge in [0.2, 0.25) is 0 Å². The van der Waals surface area contributed by atoms with E-state index in [9.17, 15) is 0 Å². The summed E-state index contributed by atoms with van der Waals surface area (Å²) < 4.78 is 11.0. The van der Waals surface area contributed by atoms with Crippen molar-refractivity contribution in [2.24, 2.45) is 0 Å². The van der Waals surface area contributed by atoms with Crippen LogP contribution in [0.3, 0.4) is 0 Å². The van der Waals surface area contributed by atoms with E-state index in [0.717, 1.165) is 60.6 Å². The van der Waals surface area contributed by atoms with Crippen molar-refractivity contribution in [2.45, 2.75) is 40.0 Å². The fraction of sp³-hybridized carbons (Fsp3) is 0.136. The molecule has 0 aliphatic heterocycles. The van der Waals surface area contributed by atoms with Crippen LogP contribution in [0.1, 0.15) is 37.5 Å². The van der Waals surface area contributed by atoms with Gasteiger partial charge in [0.05, 0.1) is 11.3 Å². The molecule has 0 unspecified atom stereocenters. The Morgan fingerprint density at radius 1 is 0.660 bits per heavy atom. The van der Waals surface area contributed by atoms with E-state index in [4.69, 9.17) is 9.72 Å². The largest absolute Gasteiger partial charge is 2.00 e. The standard InChI is InChI=1S/C44H34N4O.Pt/c1-27-11-10-12-28(2)42(27)40-26-46-43-36-24-30(17-20-32(36)34-19-16-29(44(3,4)5)23-38(34)48(40)43)49-31-18-21-35-33-13-6-7-14-37(33)47(39(35)25-31)41-15-8-9-22-45-41;/h6-23,26H,1-5H3;/q-2;+2. The number of pyridine rings is 2. The van der Waals surface area contributed by atoms with Crippen LogP contribution in [0.4, 0.5) is 0 Å². The third-order valence-electron chi connectivity index (χ3n) is 9.69. The molecule has 0 radical (unpaired) electrons. The van der Waals surface area contributed by atoms with E-state index in [1.807, 2.05) is 42.7 Å². The number of nitrogens with zero attached hydrogens (tertiary/aromatic N) is 4. The van der Waals surface area contributed by atoms with Crippen LogP contribution in [0.5, 0.6) is 11.5 Å². The molecule has 9 aromatic rings. The minimum atomic E-state index is -0.00149. The summed E-state index contributed by atoms with van der Waals surface area (Å²) in [7, 11) is 0. The second kappa shape index (κ2) is 12.0. The minimum Gasteiger partial charge on any atom is -0.503 e. The Morgan fingerprint density at radius 2 is 1.36 bits per heavy atom. The molecule has 4 aromatic heterocycles. The number of benzene rings is 5. The smallest absolute Gasteiger partial charge is 0.503 e. The predicted octanol–water partition coefficient (Wildman–Crippen LogP) is 11.1. The normalized spacial score (nSPS) is 11.9. The fourth-order valence-corrected chi connectivity index (χ4v) is 7.29. The van der Waals surface area contributed by atoms with Gasteiger partial charge in [-0.3, -0.25) is 4.98 Å². The molecule has 6 heteroatoms. The number of ether oxygens (including phenoxy) is 1. The molecule has 0 bridgehead atoms. The van der Waals surface area contributed by atoms with E-state index in [1.54, 1.807) is 0 Å². The van der Waals surface area contributed by atoms with E-state index < -0.39 is 0 Å². The molecule has 0 atom stereocenters. The van der Waals surface area contributed by atoms with Crippen molar-refractivity contribution < 1.29 is 25.8 Å². The maximum Gasteiger partial charge on any atom is 2.00 e. The number of fused-ring (bicyclic) bond motifs is 9. The van der Waals surface area contributed by atoms with Gasteiger partial charge in [-0.05, 0) is 71.0 Å². The second-order valence-corrected chi connectivity index (χ2v) is 13.9. The third kappa shape index (κ3) is 5.03. The molecule has 5 nitrogen and oxygen atoms in total. The SMILES string of the molecule is Cc1cccc(C)c1-c1cnc2c3[c-]c(Oc4[c-]c5c(cc4)c4ccccc4n5-c4ccccn4)ccc3c3ccc(C(C)(C)C)cc3n12.[Pt+2]. The Morgan fingerprint density at radius 3 is 2.12 bits per heavy atom. The first-order valence-corrected chi connectivity index (χ1v) is 16.7. The van der Waals surface area contributed by atoms with Crippen LogP contribution in [0.2, 0.25) is 0 Å². The number of hydrogen-bond acceptors (Lipinski definition) is 3. The maximum absolute atomic E-state index is 6.55. The van der Waals surface area contributed by atoms with Crippen molar-refractivity contribution in [2.75, 3.05) is 0 Å². The summed E-state index contributed by atoms with van der Waals surface area (Å²) in [4.78, 5) is 9.73. The van der Waals surface area contributed by atoms with E-state index >= 15 is 0 Å². The summed E-state index contributed by atoms with van der Waals surface area (Å²) in [6.07, 6.45) is 3.82. The minimum absolute atomic E-state index is 0. The van der Waals surface area contributed by atoms with Crippen LogP contribution in [0, 0.1) is 26.0 Å². The summed E-state index contributed by atoms with van der Waals surface area (Å²) in [5, 5.41) is 5.39. The summed E-state index contributed by atoms with van der Waals surface area (Å²) in [6.45, 7) is 11.1. The predicted molar refractivity (Wildman–Crippen MR) is 200 cm³/mol. The molecule has 5 aromatic carbocycles. The van der Waals surface area contributed by atoms with E-state index in [0.29, 0.717) is 11.5 Å². The number of aryl methyl sites for hydroxylation is 2. The van der Waals surface area contributed by atoms with Gasteiger partial charge in [-0.2, -0.15) is 6.07 Å². The van der Waals surface area contributed by atoms with Crippen molar-refractivity contribution >= 4 is 49.1 Å².